The Hall–Kier alpha value is -3.33. The van der Waals surface area contributed by atoms with Crippen LogP contribution in [0.5, 0.6) is 11.5 Å². The van der Waals surface area contributed by atoms with Crippen molar-refractivity contribution in [2.24, 2.45) is 5.10 Å². The van der Waals surface area contributed by atoms with Gasteiger partial charge in [0.2, 0.25) is 5.95 Å². The Morgan fingerprint density at radius 3 is 2.52 bits per heavy atom. The molecule has 0 spiro atoms. The molecule has 0 amide bonds. The maximum atomic E-state index is 13.2. The molecule has 0 unspecified atom stereocenters. The Bertz CT molecular complexity index is 1040. The van der Waals surface area contributed by atoms with E-state index in [0.717, 1.165) is 6.07 Å². The number of nitrogens with one attached hydrogen (secondary N) is 1. The number of aromatic hydroxyl groups is 1. The molecular formula is C19H14ClF3N4O2. The van der Waals surface area contributed by atoms with Gasteiger partial charge in [-0.25, -0.2) is 15.4 Å². The van der Waals surface area contributed by atoms with E-state index in [1.165, 1.54) is 13.3 Å². The van der Waals surface area contributed by atoms with E-state index < -0.39 is 11.9 Å². The Morgan fingerprint density at radius 1 is 1.14 bits per heavy atom. The van der Waals surface area contributed by atoms with Crippen molar-refractivity contribution in [1.29, 1.82) is 0 Å². The van der Waals surface area contributed by atoms with Crippen molar-refractivity contribution in [2.45, 2.75) is 6.18 Å². The molecule has 0 aliphatic carbocycles. The normalized spacial score (nSPS) is 11.6. The molecule has 1 aromatic heterocycles. The largest absolute Gasteiger partial charge is 0.504 e. The molecule has 1 heterocycles. The fourth-order valence-corrected chi connectivity index (χ4v) is 2.50. The number of alkyl halides is 3. The molecule has 6 nitrogen and oxygen atoms in total. The van der Waals surface area contributed by atoms with E-state index in [2.05, 4.69) is 20.5 Å². The fraction of sp³-hybridized carbons (Fsp3) is 0.105. The number of anilines is 1. The Kier molecular flexibility index (Phi) is 5.88. The highest BCUT2D eigenvalue weighted by Gasteiger charge is 2.33. The van der Waals surface area contributed by atoms with Crippen molar-refractivity contribution in [3.8, 4) is 22.8 Å². The summed E-state index contributed by atoms with van der Waals surface area (Å²) in [5, 5.41) is 14.3. The molecule has 0 saturated carbocycles. The first-order valence-corrected chi connectivity index (χ1v) is 8.53. The molecule has 0 saturated heterocycles. The number of hydrazone groups is 1. The minimum absolute atomic E-state index is 0.0471. The summed E-state index contributed by atoms with van der Waals surface area (Å²) in [7, 11) is 1.39. The summed E-state index contributed by atoms with van der Waals surface area (Å²) >= 11 is 5.82. The van der Waals surface area contributed by atoms with Gasteiger partial charge in [-0.3, -0.25) is 0 Å². The first-order valence-electron chi connectivity index (χ1n) is 8.15. The summed E-state index contributed by atoms with van der Waals surface area (Å²) in [6.07, 6.45) is -3.46. The lowest BCUT2D eigenvalue weighted by Gasteiger charge is -2.10. The van der Waals surface area contributed by atoms with Gasteiger partial charge in [-0.15, -0.1) is 0 Å². The predicted octanol–water partition coefficient (Wildman–Crippen LogP) is 4.98. The van der Waals surface area contributed by atoms with Crippen molar-refractivity contribution < 1.29 is 23.0 Å². The zero-order valence-electron chi connectivity index (χ0n) is 14.9. The number of ether oxygens (including phenoxy) is 1. The maximum Gasteiger partial charge on any atom is 0.433 e. The number of rotatable bonds is 5. The average molecular weight is 423 g/mol. The average Bonchev–Trinajstić information content (AvgIpc) is 2.69. The molecule has 3 rings (SSSR count). The van der Waals surface area contributed by atoms with Gasteiger partial charge in [0.1, 0.15) is 0 Å². The lowest BCUT2D eigenvalue weighted by Crippen LogP contribution is -2.11. The zero-order chi connectivity index (χ0) is 21.0. The predicted molar refractivity (Wildman–Crippen MR) is 103 cm³/mol. The van der Waals surface area contributed by atoms with Gasteiger partial charge in [0.05, 0.1) is 19.0 Å². The van der Waals surface area contributed by atoms with Crippen LogP contribution in [0.3, 0.4) is 0 Å². The van der Waals surface area contributed by atoms with Crippen molar-refractivity contribution in [3.63, 3.8) is 0 Å². The number of phenolic OH excluding ortho intramolecular Hbond substituents is 1. The molecule has 3 aromatic rings. The molecule has 0 aliphatic rings. The van der Waals surface area contributed by atoms with Gasteiger partial charge in [0.25, 0.3) is 0 Å². The van der Waals surface area contributed by atoms with E-state index in [1.807, 2.05) is 0 Å². The van der Waals surface area contributed by atoms with E-state index in [9.17, 15) is 18.3 Å². The lowest BCUT2D eigenvalue weighted by atomic mass is 10.1. The van der Waals surface area contributed by atoms with Crippen LogP contribution in [0.4, 0.5) is 19.1 Å². The Balaban J connectivity index is 1.92. The van der Waals surface area contributed by atoms with Crippen LogP contribution in [0, 0.1) is 0 Å². The van der Waals surface area contributed by atoms with Crippen LogP contribution in [-0.2, 0) is 6.18 Å². The zero-order valence-corrected chi connectivity index (χ0v) is 15.7. The second kappa shape index (κ2) is 8.36. The first-order chi connectivity index (χ1) is 13.8. The standard InChI is InChI=1S/C19H14ClF3N4O2/c1-29-15-4-2-3-12(17(15)28)10-24-27-18-25-14(9-16(26-18)19(21,22)23)11-5-7-13(20)8-6-11/h2-10,28H,1H3,(H,25,26,27)/b24-10+. The van der Waals surface area contributed by atoms with Crippen LogP contribution in [-0.4, -0.2) is 28.4 Å². The number of aromatic nitrogens is 2. The molecule has 2 aromatic carbocycles. The highest BCUT2D eigenvalue weighted by atomic mass is 35.5. The number of nitrogens with zero attached hydrogens (tertiary/aromatic N) is 3. The quantitative estimate of drug-likeness (QED) is 0.448. The van der Waals surface area contributed by atoms with Crippen LogP contribution >= 0.6 is 11.6 Å². The van der Waals surface area contributed by atoms with Gasteiger partial charge in [0, 0.05) is 16.1 Å². The molecule has 29 heavy (non-hydrogen) atoms. The van der Waals surface area contributed by atoms with Crippen LogP contribution in [0.15, 0.2) is 53.6 Å². The van der Waals surface area contributed by atoms with Crippen LogP contribution in [0.25, 0.3) is 11.3 Å². The SMILES string of the molecule is COc1cccc(/C=N/Nc2nc(-c3ccc(Cl)cc3)cc(C(F)(F)F)n2)c1O. The van der Waals surface area contributed by atoms with Crippen molar-refractivity contribution in [2.75, 3.05) is 12.5 Å². The van der Waals surface area contributed by atoms with E-state index in [1.54, 1.807) is 42.5 Å². The Labute approximate surface area is 168 Å². The number of benzene rings is 2. The minimum Gasteiger partial charge on any atom is -0.504 e. The molecule has 0 fully saturated rings. The smallest absolute Gasteiger partial charge is 0.433 e. The monoisotopic (exact) mass is 422 g/mol. The molecule has 0 radical (unpaired) electrons. The minimum atomic E-state index is -4.67. The lowest BCUT2D eigenvalue weighted by molar-refractivity contribution is -0.141. The summed E-state index contributed by atoms with van der Waals surface area (Å²) in [4.78, 5) is 7.53. The van der Waals surface area contributed by atoms with E-state index in [-0.39, 0.29) is 23.1 Å². The molecular weight excluding hydrogens is 409 g/mol. The fourth-order valence-electron chi connectivity index (χ4n) is 2.38. The molecule has 150 valence electrons. The van der Waals surface area contributed by atoms with Gasteiger partial charge in [-0.2, -0.15) is 18.3 Å². The van der Waals surface area contributed by atoms with Crippen molar-refractivity contribution in [1.82, 2.24) is 9.97 Å². The number of methoxy groups -OCH3 is 1. The van der Waals surface area contributed by atoms with Crippen LogP contribution in [0.1, 0.15) is 11.3 Å². The second-order valence-electron chi connectivity index (χ2n) is 5.73. The number of para-hydroxylation sites is 1. The molecule has 0 bridgehead atoms. The van der Waals surface area contributed by atoms with Crippen LogP contribution in [0.2, 0.25) is 5.02 Å². The van der Waals surface area contributed by atoms with Gasteiger partial charge >= 0.3 is 6.18 Å². The van der Waals surface area contributed by atoms with E-state index >= 15 is 0 Å². The molecule has 2 N–H and O–H groups in total. The van der Waals surface area contributed by atoms with Crippen molar-refractivity contribution in [3.05, 3.63) is 64.8 Å². The third-order valence-electron chi connectivity index (χ3n) is 3.77. The molecule has 0 aliphatic heterocycles. The summed E-state index contributed by atoms with van der Waals surface area (Å²) in [5.41, 5.74) is 2.01. The summed E-state index contributed by atoms with van der Waals surface area (Å²) in [6, 6.07) is 11.7. The van der Waals surface area contributed by atoms with Gasteiger partial charge in [-0.05, 0) is 30.3 Å². The van der Waals surface area contributed by atoms with E-state index in [0.29, 0.717) is 16.1 Å². The van der Waals surface area contributed by atoms with Crippen molar-refractivity contribution >= 4 is 23.8 Å². The Morgan fingerprint density at radius 2 is 1.86 bits per heavy atom. The second-order valence-corrected chi connectivity index (χ2v) is 6.17. The number of phenols is 1. The van der Waals surface area contributed by atoms with Gasteiger partial charge in [-0.1, -0.05) is 29.8 Å². The third kappa shape index (κ3) is 4.94. The number of hydrogen-bond acceptors (Lipinski definition) is 6. The van der Waals surface area contributed by atoms with Crippen LogP contribution < -0.4 is 10.2 Å². The van der Waals surface area contributed by atoms with Gasteiger partial charge in [0.15, 0.2) is 17.2 Å². The molecule has 10 heteroatoms. The third-order valence-corrected chi connectivity index (χ3v) is 4.03. The van der Waals surface area contributed by atoms with E-state index in [4.69, 9.17) is 16.3 Å². The summed E-state index contributed by atoms with van der Waals surface area (Å²) < 4.78 is 44.7. The molecule has 0 atom stereocenters. The highest BCUT2D eigenvalue weighted by Crippen LogP contribution is 2.31. The summed E-state index contributed by atoms with van der Waals surface area (Å²) in [5.74, 6) is -0.287. The topological polar surface area (TPSA) is 79.6 Å². The summed E-state index contributed by atoms with van der Waals surface area (Å²) in [6.45, 7) is 0. The maximum absolute atomic E-state index is 13.2. The number of hydrogen-bond donors (Lipinski definition) is 2. The highest BCUT2D eigenvalue weighted by molar-refractivity contribution is 6.30. The van der Waals surface area contributed by atoms with Gasteiger partial charge < -0.3 is 9.84 Å². The number of halogens is 4. The first kappa shape index (κ1) is 20.4.